The standard InChI is InChI=1S/C23H29FN2O5/c1-15-14-30-21-19(26(15)22(27)31-23(2,3)4)13-17(20(25-21)29-11-10-28-5)12-16-6-8-18(24)9-7-16/h6-9,13,15H,10-12,14H2,1-5H3/t15-/m0/s1. The highest BCUT2D eigenvalue weighted by Gasteiger charge is 2.35. The van der Waals surface area contributed by atoms with Crippen molar-refractivity contribution in [2.24, 2.45) is 0 Å². The Balaban J connectivity index is 1.99. The largest absolute Gasteiger partial charge is 0.475 e. The Hall–Kier alpha value is -2.87. The van der Waals surface area contributed by atoms with Crippen LogP contribution in [0.5, 0.6) is 11.8 Å². The first-order valence-corrected chi connectivity index (χ1v) is 10.2. The van der Waals surface area contributed by atoms with Crippen LogP contribution in [-0.2, 0) is 15.9 Å². The molecule has 0 unspecified atom stereocenters. The number of carbonyl (C=O) groups is 1. The molecular weight excluding hydrogens is 403 g/mol. The molecule has 2 aromatic rings. The molecule has 0 spiro atoms. The fourth-order valence-corrected chi connectivity index (χ4v) is 3.18. The molecule has 1 amide bonds. The molecule has 1 aromatic heterocycles. The lowest BCUT2D eigenvalue weighted by Gasteiger charge is -2.35. The lowest BCUT2D eigenvalue weighted by atomic mass is 10.0. The van der Waals surface area contributed by atoms with Gasteiger partial charge < -0.3 is 18.9 Å². The molecule has 1 aliphatic rings. The summed E-state index contributed by atoms with van der Waals surface area (Å²) in [7, 11) is 1.59. The predicted octanol–water partition coefficient (Wildman–Crippen LogP) is 4.36. The van der Waals surface area contributed by atoms with Crippen LogP contribution >= 0.6 is 0 Å². The summed E-state index contributed by atoms with van der Waals surface area (Å²) in [4.78, 5) is 19.0. The highest BCUT2D eigenvalue weighted by molar-refractivity contribution is 5.91. The first-order valence-electron chi connectivity index (χ1n) is 10.2. The number of nitrogens with zero attached hydrogens (tertiary/aromatic N) is 2. The van der Waals surface area contributed by atoms with Crippen LogP contribution in [0, 0.1) is 5.82 Å². The summed E-state index contributed by atoms with van der Waals surface area (Å²) < 4.78 is 35.6. The number of halogens is 1. The van der Waals surface area contributed by atoms with Gasteiger partial charge in [0.1, 0.15) is 30.3 Å². The van der Waals surface area contributed by atoms with Gasteiger partial charge in [0, 0.05) is 19.1 Å². The molecule has 7 nitrogen and oxygen atoms in total. The average Bonchev–Trinajstić information content (AvgIpc) is 2.69. The van der Waals surface area contributed by atoms with Gasteiger partial charge in [0.2, 0.25) is 11.8 Å². The Labute approximate surface area is 182 Å². The summed E-state index contributed by atoms with van der Waals surface area (Å²) in [6.07, 6.45) is -0.0218. The summed E-state index contributed by atoms with van der Waals surface area (Å²) >= 11 is 0. The molecule has 0 saturated heterocycles. The summed E-state index contributed by atoms with van der Waals surface area (Å²) in [6, 6.07) is 7.82. The number of amides is 1. The fraction of sp³-hybridized carbons (Fsp3) is 0.478. The highest BCUT2D eigenvalue weighted by Crippen LogP contribution is 2.38. The molecule has 1 atom stereocenters. The summed E-state index contributed by atoms with van der Waals surface area (Å²) in [6.45, 7) is 8.34. The van der Waals surface area contributed by atoms with Crippen LogP contribution in [0.1, 0.15) is 38.8 Å². The maximum atomic E-state index is 13.3. The van der Waals surface area contributed by atoms with E-state index < -0.39 is 11.7 Å². The van der Waals surface area contributed by atoms with Crippen molar-refractivity contribution in [1.82, 2.24) is 4.98 Å². The normalized spacial score (nSPS) is 15.8. The third-order valence-electron chi connectivity index (χ3n) is 4.59. The summed E-state index contributed by atoms with van der Waals surface area (Å²) in [5.41, 5.74) is 1.51. The molecule has 0 saturated carbocycles. The van der Waals surface area contributed by atoms with Crippen LogP contribution in [0.25, 0.3) is 0 Å². The van der Waals surface area contributed by atoms with E-state index in [1.807, 2.05) is 33.8 Å². The molecule has 2 heterocycles. The number of hydrogen-bond donors (Lipinski definition) is 0. The number of pyridine rings is 1. The summed E-state index contributed by atoms with van der Waals surface area (Å²) in [5.74, 6) is 0.389. The number of aromatic nitrogens is 1. The van der Waals surface area contributed by atoms with Crippen LogP contribution in [0.4, 0.5) is 14.9 Å². The van der Waals surface area contributed by atoms with E-state index in [1.54, 1.807) is 24.1 Å². The number of rotatable bonds is 6. The zero-order chi connectivity index (χ0) is 22.6. The SMILES string of the molecule is COCCOc1nc2c(cc1Cc1ccc(F)cc1)N(C(=O)OC(C)(C)C)[C@@H](C)CO2. The number of ether oxygens (including phenoxy) is 4. The van der Waals surface area contributed by atoms with Crippen molar-refractivity contribution >= 4 is 11.8 Å². The highest BCUT2D eigenvalue weighted by atomic mass is 19.1. The Morgan fingerprint density at radius 3 is 2.61 bits per heavy atom. The molecule has 0 radical (unpaired) electrons. The van der Waals surface area contributed by atoms with E-state index in [-0.39, 0.29) is 18.5 Å². The van der Waals surface area contributed by atoms with E-state index in [4.69, 9.17) is 18.9 Å². The molecule has 0 N–H and O–H groups in total. The van der Waals surface area contributed by atoms with Gasteiger partial charge in [-0.05, 0) is 51.5 Å². The number of carbonyl (C=O) groups excluding carboxylic acids is 1. The van der Waals surface area contributed by atoms with Crippen molar-refractivity contribution in [3.63, 3.8) is 0 Å². The van der Waals surface area contributed by atoms with Gasteiger partial charge in [-0.25, -0.2) is 9.18 Å². The van der Waals surface area contributed by atoms with E-state index in [9.17, 15) is 9.18 Å². The lowest BCUT2D eigenvalue weighted by Crippen LogP contribution is -2.47. The Morgan fingerprint density at radius 2 is 1.97 bits per heavy atom. The second-order valence-electron chi connectivity index (χ2n) is 8.43. The van der Waals surface area contributed by atoms with Crippen molar-refractivity contribution in [1.29, 1.82) is 0 Å². The molecule has 8 heteroatoms. The van der Waals surface area contributed by atoms with Gasteiger partial charge in [-0.3, -0.25) is 4.90 Å². The molecule has 0 fully saturated rings. The second kappa shape index (κ2) is 9.51. The van der Waals surface area contributed by atoms with Crippen LogP contribution in [0.15, 0.2) is 30.3 Å². The molecular formula is C23H29FN2O5. The summed E-state index contributed by atoms with van der Waals surface area (Å²) in [5, 5.41) is 0. The minimum absolute atomic E-state index is 0.233. The average molecular weight is 432 g/mol. The molecule has 31 heavy (non-hydrogen) atoms. The maximum Gasteiger partial charge on any atom is 0.415 e. The fourth-order valence-electron chi connectivity index (χ4n) is 3.18. The number of benzene rings is 1. The Kier molecular flexibility index (Phi) is 7.00. The van der Waals surface area contributed by atoms with Gasteiger partial charge in [0.25, 0.3) is 0 Å². The molecule has 1 aliphatic heterocycles. The topological polar surface area (TPSA) is 70.1 Å². The molecule has 0 bridgehead atoms. The van der Waals surface area contributed by atoms with Crippen LogP contribution in [0.2, 0.25) is 0 Å². The van der Waals surface area contributed by atoms with Gasteiger partial charge in [0.15, 0.2) is 0 Å². The monoisotopic (exact) mass is 432 g/mol. The number of anilines is 1. The van der Waals surface area contributed by atoms with E-state index in [1.165, 1.54) is 12.1 Å². The van der Waals surface area contributed by atoms with Crippen molar-refractivity contribution < 1.29 is 28.1 Å². The van der Waals surface area contributed by atoms with Crippen molar-refractivity contribution in [3.05, 3.63) is 47.3 Å². The first-order chi connectivity index (χ1) is 14.7. The van der Waals surface area contributed by atoms with Gasteiger partial charge in [-0.1, -0.05) is 12.1 Å². The molecule has 1 aromatic carbocycles. The minimum atomic E-state index is -0.636. The van der Waals surface area contributed by atoms with Gasteiger partial charge in [-0.2, -0.15) is 4.98 Å². The zero-order valence-corrected chi connectivity index (χ0v) is 18.6. The third kappa shape index (κ3) is 5.85. The van der Waals surface area contributed by atoms with Gasteiger partial charge >= 0.3 is 6.09 Å². The van der Waals surface area contributed by atoms with Crippen molar-refractivity contribution in [2.45, 2.75) is 45.8 Å². The van der Waals surface area contributed by atoms with Crippen LogP contribution in [0.3, 0.4) is 0 Å². The number of hydrogen-bond acceptors (Lipinski definition) is 6. The third-order valence-corrected chi connectivity index (χ3v) is 4.59. The predicted molar refractivity (Wildman–Crippen MR) is 114 cm³/mol. The van der Waals surface area contributed by atoms with E-state index >= 15 is 0 Å². The Bertz CT molecular complexity index is 911. The van der Waals surface area contributed by atoms with E-state index in [0.717, 1.165) is 11.1 Å². The quantitative estimate of drug-likeness (QED) is 0.632. The zero-order valence-electron chi connectivity index (χ0n) is 18.6. The molecule has 3 rings (SSSR count). The van der Waals surface area contributed by atoms with Crippen LogP contribution in [-0.4, -0.2) is 49.7 Å². The van der Waals surface area contributed by atoms with Crippen LogP contribution < -0.4 is 14.4 Å². The number of methoxy groups -OCH3 is 1. The smallest absolute Gasteiger partial charge is 0.415 e. The second-order valence-corrected chi connectivity index (χ2v) is 8.43. The van der Waals surface area contributed by atoms with E-state index in [0.29, 0.717) is 37.1 Å². The maximum absolute atomic E-state index is 13.3. The molecule has 0 aliphatic carbocycles. The first kappa shape index (κ1) is 22.8. The van der Waals surface area contributed by atoms with Crippen molar-refractivity contribution in [2.75, 3.05) is 31.8 Å². The van der Waals surface area contributed by atoms with E-state index in [2.05, 4.69) is 4.98 Å². The van der Waals surface area contributed by atoms with Crippen molar-refractivity contribution in [3.8, 4) is 11.8 Å². The van der Waals surface area contributed by atoms with Gasteiger partial charge in [0.05, 0.1) is 12.6 Å². The minimum Gasteiger partial charge on any atom is -0.475 e. The van der Waals surface area contributed by atoms with Gasteiger partial charge in [-0.15, -0.1) is 0 Å². The Morgan fingerprint density at radius 1 is 1.26 bits per heavy atom. The lowest BCUT2D eigenvalue weighted by molar-refractivity contribution is 0.0545. The molecule has 168 valence electrons. The number of fused-ring (bicyclic) bond motifs is 1.